The smallest absolute Gasteiger partial charge is 0.253 e. The van der Waals surface area contributed by atoms with Crippen molar-refractivity contribution in [2.24, 2.45) is 0 Å². The Balaban J connectivity index is 1.72. The van der Waals surface area contributed by atoms with E-state index < -0.39 is 0 Å². The number of hydrogen-bond acceptors (Lipinski definition) is 2. The van der Waals surface area contributed by atoms with Crippen LogP contribution in [0.4, 0.5) is 0 Å². The van der Waals surface area contributed by atoms with Gasteiger partial charge in [-0.25, -0.2) is 0 Å². The van der Waals surface area contributed by atoms with Gasteiger partial charge in [-0.05, 0) is 35.4 Å². The number of carbonyl (C=O) groups is 1. The van der Waals surface area contributed by atoms with Crippen molar-refractivity contribution in [1.29, 1.82) is 0 Å². The molecule has 1 N–H and O–H groups in total. The number of nitrogens with one attached hydrogen (secondary N) is 1. The lowest BCUT2D eigenvalue weighted by atomic mass is 10.1. The van der Waals surface area contributed by atoms with Crippen molar-refractivity contribution < 1.29 is 4.79 Å². The molecule has 122 valence electrons. The lowest BCUT2D eigenvalue weighted by Crippen LogP contribution is -2.24. The van der Waals surface area contributed by atoms with Crippen LogP contribution in [-0.4, -0.2) is 15.7 Å². The third-order valence-corrected chi connectivity index (χ3v) is 4.19. The lowest BCUT2D eigenvalue weighted by Gasteiger charge is -2.12. The topological polar surface area (TPSA) is 46.9 Å². The Morgan fingerprint density at radius 3 is 2.62 bits per heavy atom. The zero-order chi connectivity index (χ0) is 16.9. The molecule has 0 bridgehead atoms. The molecule has 1 aromatic heterocycles. The van der Waals surface area contributed by atoms with E-state index in [2.05, 4.69) is 10.4 Å². The molecule has 3 aromatic rings. The summed E-state index contributed by atoms with van der Waals surface area (Å²) in [6.07, 6.45) is 3.65. The number of rotatable bonds is 5. The fourth-order valence-corrected chi connectivity index (χ4v) is 2.77. The molecule has 2 aromatic carbocycles. The van der Waals surface area contributed by atoms with Crippen LogP contribution < -0.4 is 5.32 Å². The van der Waals surface area contributed by atoms with E-state index in [1.54, 1.807) is 24.4 Å². The number of amides is 1. The summed E-state index contributed by atoms with van der Waals surface area (Å²) in [4.78, 5) is 12.3. The Morgan fingerprint density at radius 1 is 1.08 bits per heavy atom. The van der Waals surface area contributed by atoms with Crippen molar-refractivity contribution in [3.63, 3.8) is 0 Å². The number of carbonyl (C=O) groups excluding carboxylic acids is 1. The zero-order valence-electron chi connectivity index (χ0n) is 12.7. The SMILES string of the molecule is O=C(NCc1ccccc1Cn1cccn1)c1cc(Cl)ccc1Cl. The molecule has 0 aliphatic heterocycles. The molecule has 0 unspecified atom stereocenters. The van der Waals surface area contributed by atoms with Gasteiger partial charge in [0.25, 0.3) is 5.91 Å². The van der Waals surface area contributed by atoms with E-state index in [4.69, 9.17) is 23.2 Å². The van der Waals surface area contributed by atoms with Crippen molar-refractivity contribution in [1.82, 2.24) is 15.1 Å². The van der Waals surface area contributed by atoms with Crippen LogP contribution in [0.25, 0.3) is 0 Å². The van der Waals surface area contributed by atoms with Crippen molar-refractivity contribution in [3.8, 4) is 0 Å². The summed E-state index contributed by atoms with van der Waals surface area (Å²) >= 11 is 12.0. The van der Waals surface area contributed by atoms with Gasteiger partial charge in [-0.1, -0.05) is 47.5 Å². The van der Waals surface area contributed by atoms with Gasteiger partial charge in [0.05, 0.1) is 17.1 Å². The first-order valence-electron chi connectivity index (χ1n) is 7.41. The summed E-state index contributed by atoms with van der Waals surface area (Å²) in [7, 11) is 0. The maximum Gasteiger partial charge on any atom is 0.253 e. The molecule has 0 aliphatic rings. The maximum atomic E-state index is 12.3. The van der Waals surface area contributed by atoms with E-state index in [-0.39, 0.29) is 5.91 Å². The highest BCUT2D eigenvalue weighted by atomic mass is 35.5. The van der Waals surface area contributed by atoms with Crippen LogP contribution in [0.3, 0.4) is 0 Å². The highest BCUT2D eigenvalue weighted by Gasteiger charge is 2.11. The minimum Gasteiger partial charge on any atom is -0.348 e. The van der Waals surface area contributed by atoms with Gasteiger partial charge in [0.1, 0.15) is 0 Å². The average molecular weight is 360 g/mol. The molecule has 0 atom stereocenters. The summed E-state index contributed by atoms with van der Waals surface area (Å²) in [5.41, 5.74) is 2.49. The second kappa shape index (κ2) is 7.51. The Morgan fingerprint density at radius 2 is 1.88 bits per heavy atom. The third-order valence-electron chi connectivity index (χ3n) is 3.62. The van der Waals surface area contributed by atoms with Gasteiger partial charge in [0.2, 0.25) is 0 Å². The number of hydrogen-bond donors (Lipinski definition) is 1. The van der Waals surface area contributed by atoms with Crippen LogP contribution in [0.2, 0.25) is 10.0 Å². The van der Waals surface area contributed by atoms with Crippen LogP contribution in [-0.2, 0) is 13.1 Å². The molecule has 24 heavy (non-hydrogen) atoms. The van der Waals surface area contributed by atoms with E-state index in [0.717, 1.165) is 11.1 Å². The molecule has 4 nitrogen and oxygen atoms in total. The largest absolute Gasteiger partial charge is 0.348 e. The number of nitrogens with zero attached hydrogens (tertiary/aromatic N) is 2. The quantitative estimate of drug-likeness (QED) is 0.742. The van der Waals surface area contributed by atoms with E-state index in [0.29, 0.717) is 28.7 Å². The molecule has 6 heteroatoms. The second-order valence-corrected chi connectivity index (χ2v) is 6.12. The average Bonchev–Trinajstić information content (AvgIpc) is 3.09. The van der Waals surface area contributed by atoms with Gasteiger partial charge in [-0.2, -0.15) is 5.10 Å². The lowest BCUT2D eigenvalue weighted by molar-refractivity contribution is 0.0951. The normalized spacial score (nSPS) is 10.6. The van der Waals surface area contributed by atoms with Gasteiger partial charge in [-0.3, -0.25) is 9.48 Å². The van der Waals surface area contributed by atoms with Crippen molar-refractivity contribution in [3.05, 3.63) is 87.7 Å². The summed E-state index contributed by atoms with van der Waals surface area (Å²) in [5.74, 6) is -0.253. The summed E-state index contributed by atoms with van der Waals surface area (Å²) in [5, 5.41) is 7.96. The molecule has 3 rings (SSSR count). The second-order valence-electron chi connectivity index (χ2n) is 5.28. The van der Waals surface area contributed by atoms with E-state index in [1.807, 2.05) is 41.2 Å². The predicted octanol–water partition coefficient (Wildman–Crippen LogP) is 4.17. The van der Waals surface area contributed by atoms with Gasteiger partial charge in [0.15, 0.2) is 0 Å². The van der Waals surface area contributed by atoms with Gasteiger partial charge in [-0.15, -0.1) is 0 Å². The first-order valence-corrected chi connectivity index (χ1v) is 8.16. The molecule has 0 radical (unpaired) electrons. The van der Waals surface area contributed by atoms with Gasteiger partial charge < -0.3 is 5.32 Å². The molecule has 0 saturated heterocycles. The summed E-state index contributed by atoms with van der Waals surface area (Å²) < 4.78 is 1.84. The molecule has 1 heterocycles. The standard InChI is InChI=1S/C18H15Cl2N3O/c19-15-6-7-17(20)16(10-15)18(24)21-11-13-4-1-2-5-14(13)12-23-9-3-8-22-23/h1-10H,11-12H2,(H,21,24). The third kappa shape index (κ3) is 3.96. The Hall–Kier alpha value is -2.30. The number of benzene rings is 2. The van der Waals surface area contributed by atoms with Crippen LogP contribution in [0.1, 0.15) is 21.5 Å². The molecule has 1 amide bonds. The first-order chi connectivity index (χ1) is 11.6. The van der Waals surface area contributed by atoms with Crippen LogP contribution in [0.15, 0.2) is 60.9 Å². The molecule has 0 fully saturated rings. The summed E-state index contributed by atoms with van der Waals surface area (Å²) in [6, 6.07) is 14.6. The van der Waals surface area contributed by atoms with Crippen LogP contribution in [0, 0.1) is 0 Å². The minimum absolute atomic E-state index is 0.253. The maximum absolute atomic E-state index is 12.3. The van der Waals surface area contributed by atoms with E-state index in [1.165, 1.54) is 0 Å². The monoisotopic (exact) mass is 359 g/mol. The van der Waals surface area contributed by atoms with Crippen molar-refractivity contribution in [2.75, 3.05) is 0 Å². The van der Waals surface area contributed by atoms with Crippen LogP contribution >= 0.6 is 23.2 Å². The molecule has 0 saturated carbocycles. The van der Waals surface area contributed by atoms with E-state index in [9.17, 15) is 4.79 Å². The minimum atomic E-state index is -0.253. The molecule has 0 aliphatic carbocycles. The molecule has 0 spiro atoms. The van der Waals surface area contributed by atoms with Crippen molar-refractivity contribution >= 4 is 29.1 Å². The predicted molar refractivity (Wildman–Crippen MR) is 95.4 cm³/mol. The van der Waals surface area contributed by atoms with Gasteiger partial charge >= 0.3 is 0 Å². The molecular weight excluding hydrogens is 345 g/mol. The fourth-order valence-electron chi connectivity index (χ4n) is 2.39. The number of halogens is 2. The highest BCUT2D eigenvalue weighted by molar-refractivity contribution is 6.35. The fraction of sp³-hybridized carbons (Fsp3) is 0.111. The Labute approximate surface area is 150 Å². The highest BCUT2D eigenvalue weighted by Crippen LogP contribution is 2.20. The van der Waals surface area contributed by atoms with Crippen molar-refractivity contribution in [2.45, 2.75) is 13.1 Å². The Bertz CT molecular complexity index is 847. The summed E-state index contributed by atoms with van der Waals surface area (Å²) in [6.45, 7) is 1.05. The van der Waals surface area contributed by atoms with Crippen LogP contribution in [0.5, 0.6) is 0 Å². The van der Waals surface area contributed by atoms with Gasteiger partial charge in [0, 0.05) is 24.0 Å². The first kappa shape index (κ1) is 16.6. The van der Waals surface area contributed by atoms with E-state index >= 15 is 0 Å². The zero-order valence-corrected chi connectivity index (χ0v) is 14.3. The Kier molecular flexibility index (Phi) is 5.18. The molecular formula is C18H15Cl2N3O. The number of aromatic nitrogens is 2.